The first-order chi connectivity index (χ1) is 13.3. The van der Waals surface area contributed by atoms with Crippen LogP contribution in [0.25, 0.3) is 0 Å². The van der Waals surface area contributed by atoms with Crippen LogP contribution < -0.4 is 5.46 Å². The highest BCUT2D eigenvalue weighted by Crippen LogP contribution is 2.37. The Balaban J connectivity index is 1.62. The lowest BCUT2D eigenvalue weighted by Crippen LogP contribution is -2.41. The molecule has 0 radical (unpaired) electrons. The van der Waals surface area contributed by atoms with Gasteiger partial charge in [0.2, 0.25) is 0 Å². The number of hydrogen-bond donors (Lipinski definition) is 0. The van der Waals surface area contributed by atoms with Crippen LogP contribution in [-0.2, 0) is 20.3 Å². The molecule has 1 aromatic heterocycles. The molecule has 1 aliphatic rings. The zero-order chi connectivity index (χ0) is 21.9. The van der Waals surface area contributed by atoms with Gasteiger partial charge in [-0.1, -0.05) is 40.0 Å². The van der Waals surface area contributed by atoms with Crippen molar-refractivity contribution >= 4 is 20.9 Å². The number of rotatable bonds is 10. The van der Waals surface area contributed by atoms with Crippen molar-refractivity contribution in [2.24, 2.45) is 0 Å². The van der Waals surface area contributed by atoms with Crippen molar-refractivity contribution in [2.45, 2.75) is 116 Å². The normalized spacial score (nSPS) is 19.1. The highest BCUT2D eigenvalue weighted by molar-refractivity contribution is 6.74. The summed E-state index contributed by atoms with van der Waals surface area (Å²) in [6, 6.07) is 0. The molecule has 1 aromatic rings. The zero-order valence-electron chi connectivity index (χ0n) is 20.3. The van der Waals surface area contributed by atoms with Crippen LogP contribution in [0.15, 0.2) is 12.4 Å². The molecule has 7 heteroatoms. The summed E-state index contributed by atoms with van der Waals surface area (Å²) >= 11 is 0. The summed E-state index contributed by atoms with van der Waals surface area (Å²) in [5, 5.41) is 4.80. The van der Waals surface area contributed by atoms with E-state index in [0.717, 1.165) is 25.0 Å². The maximum Gasteiger partial charge on any atom is 0.498 e. The van der Waals surface area contributed by atoms with Gasteiger partial charge in [-0.2, -0.15) is 5.10 Å². The first-order valence-electron chi connectivity index (χ1n) is 11.3. The molecular formula is C22H43BN2O3Si. The summed E-state index contributed by atoms with van der Waals surface area (Å²) in [4.78, 5) is 0. The largest absolute Gasteiger partial charge is 0.498 e. The second-order valence-corrected chi connectivity index (χ2v) is 15.8. The monoisotopic (exact) mass is 422 g/mol. The lowest BCUT2D eigenvalue weighted by molar-refractivity contribution is 0.00578. The van der Waals surface area contributed by atoms with Gasteiger partial charge in [0, 0.05) is 31.0 Å². The van der Waals surface area contributed by atoms with Crippen molar-refractivity contribution in [1.29, 1.82) is 0 Å². The van der Waals surface area contributed by atoms with Gasteiger partial charge in [-0.05, 0) is 58.7 Å². The minimum absolute atomic E-state index is 0.301. The fraction of sp³-hybridized carbons (Fsp3) is 0.864. The van der Waals surface area contributed by atoms with Gasteiger partial charge in [-0.3, -0.25) is 4.68 Å². The maximum absolute atomic E-state index is 6.25. The second-order valence-electron chi connectivity index (χ2n) is 11.0. The number of aromatic nitrogens is 2. The molecule has 0 bridgehead atoms. The Kier molecular flexibility index (Phi) is 7.86. The quantitative estimate of drug-likeness (QED) is 0.386. The van der Waals surface area contributed by atoms with E-state index in [0.29, 0.717) is 5.04 Å². The third-order valence-electron chi connectivity index (χ3n) is 6.98. The zero-order valence-corrected chi connectivity index (χ0v) is 21.3. The predicted octanol–water partition coefficient (Wildman–Crippen LogP) is 5.15. The van der Waals surface area contributed by atoms with E-state index in [1.807, 2.05) is 10.9 Å². The van der Waals surface area contributed by atoms with E-state index < -0.39 is 8.32 Å². The molecule has 2 heterocycles. The van der Waals surface area contributed by atoms with E-state index in [4.69, 9.17) is 13.7 Å². The van der Waals surface area contributed by atoms with Gasteiger partial charge in [0.15, 0.2) is 8.32 Å². The summed E-state index contributed by atoms with van der Waals surface area (Å²) in [7, 11) is -1.91. The highest BCUT2D eigenvalue weighted by Gasteiger charge is 2.52. The van der Waals surface area contributed by atoms with Crippen LogP contribution in [0.1, 0.15) is 80.6 Å². The van der Waals surface area contributed by atoms with E-state index in [2.05, 4.69) is 72.9 Å². The molecule has 0 atom stereocenters. The third-order valence-corrected chi connectivity index (χ3v) is 11.5. The van der Waals surface area contributed by atoms with Crippen LogP contribution in [0.3, 0.4) is 0 Å². The van der Waals surface area contributed by atoms with Crippen LogP contribution in [0.2, 0.25) is 18.1 Å². The topological polar surface area (TPSA) is 45.5 Å². The lowest BCUT2D eigenvalue weighted by atomic mass is 9.82. The summed E-state index contributed by atoms with van der Waals surface area (Å²) < 4.78 is 20.5. The SMILES string of the molecule is CC1(C)OB(c2cnn(CCCCCCCO[Si](C)(C)C(C)(C)C)c2)OC1(C)C. The van der Waals surface area contributed by atoms with Gasteiger partial charge >= 0.3 is 7.12 Å². The molecule has 0 aromatic carbocycles. The van der Waals surface area contributed by atoms with Crippen molar-refractivity contribution in [3.8, 4) is 0 Å². The van der Waals surface area contributed by atoms with Crippen LogP contribution in [-0.4, -0.2) is 43.0 Å². The average molecular weight is 422 g/mol. The van der Waals surface area contributed by atoms with Crippen molar-refractivity contribution in [1.82, 2.24) is 9.78 Å². The van der Waals surface area contributed by atoms with Gasteiger partial charge in [0.25, 0.3) is 0 Å². The van der Waals surface area contributed by atoms with Gasteiger partial charge in [-0.25, -0.2) is 0 Å². The standard InChI is InChI=1S/C22H43BN2O3Si/c1-20(2,3)29(8,9)26-16-14-12-10-11-13-15-25-18-19(17-24-25)23-27-21(4,5)22(6,7)28-23/h17-18H,10-16H2,1-9H3. The molecule has 1 aliphatic heterocycles. The summed E-state index contributed by atoms with van der Waals surface area (Å²) in [6.07, 6.45) is 9.98. The lowest BCUT2D eigenvalue weighted by Gasteiger charge is -2.36. The van der Waals surface area contributed by atoms with E-state index in [-0.39, 0.29) is 18.3 Å². The Morgan fingerprint density at radius 1 is 1.00 bits per heavy atom. The maximum atomic E-state index is 6.25. The van der Waals surface area contributed by atoms with Crippen LogP contribution >= 0.6 is 0 Å². The fourth-order valence-corrected chi connectivity index (χ4v) is 4.14. The Hall–Kier alpha value is -0.628. The minimum Gasteiger partial charge on any atom is -0.417 e. The molecule has 2 rings (SSSR count). The molecular weight excluding hydrogens is 379 g/mol. The van der Waals surface area contributed by atoms with Crippen LogP contribution in [0, 0.1) is 0 Å². The van der Waals surface area contributed by atoms with Crippen molar-refractivity contribution in [2.75, 3.05) is 6.61 Å². The summed E-state index contributed by atoms with van der Waals surface area (Å²) in [6.45, 7) is 21.7. The van der Waals surface area contributed by atoms with E-state index >= 15 is 0 Å². The smallest absolute Gasteiger partial charge is 0.417 e. The van der Waals surface area contributed by atoms with Crippen LogP contribution in [0.5, 0.6) is 0 Å². The second kappa shape index (κ2) is 9.25. The molecule has 0 N–H and O–H groups in total. The van der Waals surface area contributed by atoms with Gasteiger partial charge in [-0.15, -0.1) is 0 Å². The van der Waals surface area contributed by atoms with Gasteiger partial charge in [0.1, 0.15) is 0 Å². The Bertz CT molecular complexity index is 637. The number of unbranched alkanes of at least 4 members (excludes halogenated alkanes) is 4. The molecule has 29 heavy (non-hydrogen) atoms. The molecule has 1 fully saturated rings. The molecule has 0 spiro atoms. The number of nitrogens with zero attached hydrogens (tertiary/aromatic N) is 2. The molecule has 0 aliphatic carbocycles. The summed E-state index contributed by atoms with van der Waals surface area (Å²) in [5.41, 5.74) is 0.383. The number of aryl methyl sites for hydroxylation is 1. The van der Waals surface area contributed by atoms with E-state index in [1.54, 1.807) is 0 Å². The van der Waals surface area contributed by atoms with E-state index in [9.17, 15) is 0 Å². The Morgan fingerprint density at radius 2 is 1.55 bits per heavy atom. The Labute approximate surface area is 180 Å². The summed E-state index contributed by atoms with van der Waals surface area (Å²) in [5.74, 6) is 0. The predicted molar refractivity (Wildman–Crippen MR) is 124 cm³/mol. The average Bonchev–Trinajstić information content (AvgIpc) is 3.11. The fourth-order valence-electron chi connectivity index (χ4n) is 3.05. The molecule has 5 nitrogen and oxygen atoms in total. The molecule has 0 unspecified atom stereocenters. The van der Waals surface area contributed by atoms with Crippen molar-refractivity contribution in [3.63, 3.8) is 0 Å². The highest BCUT2D eigenvalue weighted by atomic mass is 28.4. The van der Waals surface area contributed by atoms with E-state index in [1.165, 1.54) is 25.7 Å². The van der Waals surface area contributed by atoms with Crippen molar-refractivity contribution in [3.05, 3.63) is 12.4 Å². The Morgan fingerprint density at radius 3 is 2.14 bits per heavy atom. The molecule has 1 saturated heterocycles. The molecule has 0 saturated carbocycles. The van der Waals surface area contributed by atoms with Crippen LogP contribution in [0.4, 0.5) is 0 Å². The molecule has 166 valence electrons. The molecule has 0 amide bonds. The van der Waals surface area contributed by atoms with Crippen molar-refractivity contribution < 1.29 is 13.7 Å². The first-order valence-corrected chi connectivity index (χ1v) is 14.2. The first kappa shape index (κ1) is 24.6. The van der Waals surface area contributed by atoms with Gasteiger partial charge < -0.3 is 13.7 Å². The third kappa shape index (κ3) is 6.42. The van der Waals surface area contributed by atoms with Gasteiger partial charge in [0.05, 0.1) is 11.2 Å². The minimum atomic E-state index is -1.58. The number of hydrogen-bond acceptors (Lipinski definition) is 4.